The summed E-state index contributed by atoms with van der Waals surface area (Å²) in [6.45, 7) is 0. The van der Waals surface area contributed by atoms with E-state index in [4.69, 9.17) is 0 Å². The highest BCUT2D eigenvalue weighted by atomic mass is 19.1. The fourth-order valence-corrected chi connectivity index (χ4v) is 3.60. The zero-order valence-electron chi connectivity index (χ0n) is 15.9. The third-order valence-corrected chi connectivity index (χ3v) is 5.18. The first-order valence-corrected chi connectivity index (χ1v) is 9.36. The van der Waals surface area contributed by atoms with Gasteiger partial charge in [-0.1, -0.05) is 12.1 Å². The van der Waals surface area contributed by atoms with Crippen LogP contribution >= 0.6 is 0 Å². The Bertz CT molecular complexity index is 1510. The van der Waals surface area contributed by atoms with Crippen LogP contribution in [0.3, 0.4) is 0 Å². The summed E-state index contributed by atoms with van der Waals surface area (Å²) in [6.07, 6.45) is 5.86. The molecule has 0 saturated heterocycles. The summed E-state index contributed by atoms with van der Waals surface area (Å²) in [6, 6.07) is 12.6. The number of phenolic OH excluding ortho intramolecular Hbond substituents is 1. The highest BCUT2D eigenvalue weighted by molar-refractivity contribution is 6.05. The Labute approximate surface area is 174 Å². The number of halogens is 2. The second-order valence-electron chi connectivity index (χ2n) is 7.19. The molecule has 0 aliphatic rings. The molecule has 0 fully saturated rings. The van der Waals surface area contributed by atoms with Gasteiger partial charge >= 0.3 is 0 Å². The first kappa shape index (κ1) is 18.7. The summed E-state index contributed by atoms with van der Waals surface area (Å²) < 4.78 is 29.9. The Hall–Kier alpha value is -4.26. The molecule has 0 saturated carbocycles. The molecule has 5 nitrogen and oxygen atoms in total. The van der Waals surface area contributed by atoms with Crippen molar-refractivity contribution < 1.29 is 23.5 Å². The number of hydrogen-bond acceptors (Lipinski definition) is 3. The lowest BCUT2D eigenvalue weighted by Crippen LogP contribution is -2.14. The van der Waals surface area contributed by atoms with Crippen molar-refractivity contribution in [1.82, 2.24) is 9.13 Å². The molecule has 7 heteroatoms. The lowest BCUT2D eigenvalue weighted by Gasteiger charge is -2.08. The van der Waals surface area contributed by atoms with E-state index in [-0.39, 0.29) is 16.9 Å². The van der Waals surface area contributed by atoms with Crippen LogP contribution in [0.15, 0.2) is 79.4 Å². The molecule has 0 radical (unpaired) electrons. The van der Waals surface area contributed by atoms with Gasteiger partial charge < -0.3 is 5.11 Å². The molecular formula is C24H14F2N2O3. The van der Waals surface area contributed by atoms with E-state index < -0.39 is 23.4 Å². The van der Waals surface area contributed by atoms with Crippen molar-refractivity contribution in [3.63, 3.8) is 0 Å². The molecular weight excluding hydrogens is 402 g/mol. The first-order chi connectivity index (χ1) is 14.9. The molecule has 5 rings (SSSR count). The highest BCUT2D eigenvalue weighted by Gasteiger charge is 2.18. The van der Waals surface area contributed by atoms with Crippen LogP contribution < -0.4 is 0 Å². The van der Waals surface area contributed by atoms with Crippen LogP contribution in [-0.2, 0) is 0 Å². The number of aromatic nitrogens is 2. The Morgan fingerprint density at radius 2 is 1.48 bits per heavy atom. The smallest absolute Gasteiger partial charge is 0.265 e. The van der Waals surface area contributed by atoms with Crippen molar-refractivity contribution in [3.8, 4) is 5.75 Å². The minimum Gasteiger partial charge on any atom is -0.507 e. The van der Waals surface area contributed by atoms with Crippen LogP contribution in [0.25, 0.3) is 21.5 Å². The third-order valence-electron chi connectivity index (χ3n) is 5.18. The summed E-state index contributed by atoms with van der Waals surface area (Å²) in [5, 5.41) is 12.3. The Balaban J connectivity index is 1.53. The van der Waals surface area contributed by atoms with Gasteiger partial charge in [0.1, 0.15) is 17.4 Å². The van der Waals surface area contributed by atoms with Crippen LogP contribution in [0.4, 0.5) is 8.78 Å². The molecule has 1 N–H and O–H groups in total. The summed E-state index contributed by atoms with van der Waals surface area (Å²) in [5.41, 5.74) is 0.0548. The van der Waals surface area contributed by atoms with Crippen LogP contribution in [0, 0.1) is 11.6 Å². The van der Waals surface area contributed by atoms with Gasteiger partial charge in [-0.3, -0.25) is 18.7 Å². The zero-order chi connectivity index (χ0) is 21.7. The number of fused-ring (bicyclic) bond motifs is 2. The topological polar surface area (TPSA) is 64.2 Å². The van der Waals surface area contributed by atoms with Gasteiger partial charge in [-0.25, -0.2) is 8.78 Å². The second-order valence-corrected chi connectivity index (χ2v) is 7.19. The quantitative estimate of drug-likeness (QED) is 0.443. The van der Waals surface area contributed by atoms with Crippen LogP contribution in [0.5, 0.6) is 5.75 Å². The minimum absolute atomic E-state index is 0.0884. The summed E-state index contributed by atoms with van der Waals surface area (Å²) in [4.78, 5) is 25.9. The largest absolute Gasteiger partial charge is 0.507 e. The number of nitrogens with zero attached hydrogens (tertiary/aromatic N) is 2. The fraction of sp³-hybridized carbons (Fsp3) is 0. The number of rotatable bonds is 2. The van der Waals surface area contributed by atoms with Crippen molar-refractivity contribution >= 4 is 33.4 Å². The van der Waals surface area contributed by atoms with Gasteiger partial charge in [0.25, 0.3) is 11.8 Å². The summed E-state index contributed by atoms with van der Waals surface area (Å²) >= 11 is 0. The van der Waals surface area contributed by atoms with Crippen molar-refractivity contribution in [2.24, 2.45) is 0 Å². The molecule has 0 aliphatic carbocycles. The number of phenols is 1. The maximum atomic E-state index is 14.0. The third kappa shape index (κ3) is 3.16. The average molecular weight is 416 g/mol. The van der Waals surface area contributed by atoms with Gasteiger partial charge in [0, 0.05) is 51.9 Å². The van der Waals surface area contributed by atoms with E-state index in [1.165, 1.54) is 70.3 Å². The van der Waals surface area contributed by atoms with E-state index in [1.807, 2.05) is 0 Å². The Kier molecular flexibility index (Phi) is 4.18. The molecule has 3 aromatic carbocycles. The lowest BCUT2D eigenvalue weighted by atomic mass is 10.1. The van der Waals surface area contributed by atoms with Gasteiger partial charge in [0.05, 0.1) is 5.56 Å². The highest BCUT2D eigenvalue weighted by Crippen LogP contribution is 2.24. The Morgan fingerprint density at radius 1 is 0.742 bits per heavy atom. The van der Waals surface area contributed by atoms with E-state index in [0.717, 1.165) is 0 Å². The van der Waals surface area contributed by atoms with Gasteiger partial charge in [0.15, 0.2) is 0 Å². The molecule has 0 unspecified atom stereocenters. The van der Waals surface area contributed by atoms with Gasteiger partial charge in [-0.05, 0) is 42.5 Å². The van der Waals surface area contributed by atoms with Gasteiger partial charge in [-0.15, -0.1) is 0 Å². The summed E-state index contributed by atoms with van der Waals surface area (Å²) in [7, 11) is 0. The normalized spacial score (nSPS) is 11.3. The molecule has 0 amide bonds. The molecule has 31 heavy (non-hydrogen) atoms. The minimum atomic E-state index is -0.576. The number of benzene rings is 3. The maximum Gasteiger partial charge on any atom is 0.265 e. The molecule has 0 spiro atoms. The SMILES string of the molecule is O=C(c1ccc(O)c(C(=O)n2cc3ccc(F)cc3c2)c1)n1cc2cccc(F)c2c1. The number of aromatic hydroxyl groups is 1. The van der Waals surface area contributed by atoms with E-state index in [9.17, 15) is 23.5 Å². The summed E-state index contributed by atoms with van der Waals surface area (Å²) in [5.74, 6) is -2.23. The predicted octanol–water partition coefficient (Wildman–Crippen LogP) is 4.96. The number of carbonyl (C=O) groups is 2. The van der Waals surface area contributed by atoms with Crippen molar-refractivity contribution in [1.29, 1.82) is 0 Å². The zero-order valence-corrected chi connectivity index (χ0v) is 15.9. The number of hydrogen-bond donors (Lipinski definition) is 1. The molecule has 152 valence electrons. The maximum absolute atomic E-state index is 14.0. The van der Waals surface area contributed by atoms with E-state index >= 15 is 0 Å². The first-order valence-electron chi connectivity index (χ1n) is 9.36. The average Bonchev–Trinajstić information content (AvgIpc) is 3.38. The van der Waals surface area contributed by atoms with Crippen LogP contribution in [-0.4, -0.2) is 26.1 Å². The standard InChI is InChI=1S/C24H14F2N2O3/c25-18-6-4-15-10-27(12-17(15)8-18)24(31)19-9-14(5-7-22(19)29)23(30)28-11-16-2-1-3-21(26)20(16)13-28/h1-13,29H. The monoisotopic (exact) mass is 416 g/mol. The van der Waals surface area contributed by atoms with Gasteiger partial charge in [-0.2, -0.15) is 0 Å². The molecule has 0 atom stereocenters. The molecule has 0 aliphatic heterocycles. The van der Waals surface area contributed by atoms with Crippen LogP contribution in [0.1, 0.15) is 20.7 Å². The molecule has 2 aromatic heterocycles. The second kappa shape index (κ2) is 6.91. The van der Waals surface area contributed by atoms with Crippen molar-refractivity contribution in [2.45, 2.75) is 0 Å². The van der Waals surface area contributed by atoms with Crippen molar-refractivity contribution in [3.05, 3.63) is 102 Å². The molecule has 2 heterocycles. The van der Waals surface area contributed by atoms with E-state index in [2.05, 4.69) is 0 Å². The molecule has 0 bridgehead atoms. The molecule has 5 aromatic rings. The van der Waals surface area contributed by atoms with E-state index in [1.54, 1.807) is 18.2 Å². The van der Waals surface area contributed by atoms with Gasteiger partial charge in [0.2, 0.25) is 0 Å². The Morgan fingerprint density at radius 3 is 2.29 bits per heavy atom. The fourth-order valence-electron chi connectivity index (χ4n) is 3.60. The predicted molar refractivity (Wildman–Crippen MR) is 111 cm³/mol. The van der Waals surface area contributed by atoms with Crippen molar-refractivity contribution in [2.75, 3.05) is 0 Å². The lowest BCUT2D eigenvalue weighted by molar-refractivity contribution is 0.0958. The number of carbonyl (C=O) groups excluding carboxylic acids is 2. The van der Waals surface area contributed by atoms with E-state index in [0.29, 0.717) is 21.5 Å². The van der Waals surface area contributed by atoms with Crippen LogP contribution in [0.2, 0.25) is 0 Å².